The number of hydrogen-bond acceptors (Lipinski definition) is 5. The maximum absolute atomic E-state index is 13.1. The number of rotatable bonds is 7. The number of aromatic nitrogens is 2. The van der Waals surface area contributed by atoms with E-state index in [2.05, 4.69) is 10.4 Å². The monoisotopic (exact) mass is 464 g/mol. The minimum atomic E-state index is -1.85. The van der Waals surface area contributed by atoms with Crippen LogP contribution in [0.3, 0.4) is 0 Å². The number of likely N-dealkylation sites (tertiary alicyclic amines) is 1. The Kier molecular flexibility index (Phi) is 7.59. The van der Waals surface area contributed by atoms with Crippen molar-refractivity contribution in [3.63, 3.8) is 0 Å². The second kappa shape index (κ2) is 10.8. The minimum Gasteiger partial charge on any atom is -0.380 e. The van der Waals surface area contributed by atoms with Crippen LogP contribution in [-0.4, -0.2) is 61.5 Å². The lowest BCUT2D eigenvalue weighted by Crippen LogP contribution is -2.53. The Morgan fingerprint density at radius 2 is 1.91 bits per heavy atom. The zero-order chi connectivity index (χ0) is 24.1. The summed E-state index contributed by atoms with van der Waals surface area (Å²) in [5.74, 6) is -1.40. The minimum absolute atomic E-state index is 0.119. The predicted molar refractivity (Wildman–Crippen MR) is 127 cm³/mol. The molecule has 2 heterocycles. The molecule has 0 radical (unpaired) electrons. The van der Waals surface area contributed by atoms with E-state index in [0.717, 1.165) is 36.8 Å². The molecule has 1 aliphatic carbocycles. The number of nitrogens with zero attached hydrogens (tertiary/aromatic N) is 3. The Labute approximate surface area is 199 Å². The Bertz CT molecular complexity index is 1030. The van der Waals surface area contributed by atoms with Gasteiger partial charge < -0.3 is 20.4 Å². The first kappa shape index (κ1) is 23.9. The molecule has 0 bridgehead atoms. The van der Waals surface area contributed by atoms with E-state index >= 15 is 0 Å². The summed E-state index contributed by atoms with van der Waals surface area (Å²) in [4.78, 5) is 27.3. The number of nitrogens with one attached hydrogen (secondary N) is 1. The molecule has 0 saturated carbocycles. The average molecular weight is 465 g/mol. The van der Waals surface area contributed by atoms with Crippen molar-refractivity contribution >= 4 is 11.8 Å². The summed E-state index contributed by atoms with van der Waals surface area (Å²) in [5, 5.41) is 28.1. The van der Waals surface area contributed by atoms with Gasteiger partial charge in [-0.05, 0) is 49.8 Å². The van der Waals surface area contributed by atoms with Gasteiger partial charge >= 0.3 is 0 Å². The smallest absolute Gasteiger partial charge is 0.255 e. The first-order valence-electron chi connectivity index (χ1n) is 11.8. The highest BCUT2D eigenvalue weighted by atomic mass is 16.3. The van der Waals surface area contributed by atoms with Gasteiger partial charge in [0.1, 0.15) is 0 Å². The fourth-order valence-corrected chi connectivity index (χ4v) is 4.67. The number of hydrogen-bond donors (Lipinski definition) is 3. The van der Waals surface area contributed by atoms with E-state index in [9.17, 15) is 19.8 Å². The highest BCUT2D eigenvalue weighted by molar-refractivity contribution is 5.91. The molecule has 2 amide bonds. The zero-order valence-corrected chi connectivity index (χ0v) is 19.3. The topological polar surface area (TPSA) is 108 Å². The molecule has 0 spiro atoms. The van der Waals surface area contributed by atoms with Crippen LogP contribution >= 0.6 is 0 Å². The summed E-state index contributed by atoms with van der Waals surface area (Å²) in [6.07, 6.45) is 9.22. The number of aliphatic hydroxyl groups excluding tert-OH is 2. The molecule has 4 rings (SSSR count). The standard InChI is InChI=1S/C26H32N4O4/c1-18(19-11-13-21(14-12-19)30-17-7-15-27-30)28-25(33)23(31)24(32)26(34)29-16-6-5-10-22(29)20-8-3-2-4-9-20/h2-4,7-9,11-13,15,17-18,21-24,31-32H,5-6,10,14,16H2,1H3,(H,28,33)/t18-,21?,22?,23-,24-/m1/s1. The molecule has 1 aliphatic heterocycles. The Balaban J connectivity index is 1.35. The van der Waals surface area contributed by atoms with Gasteiger partial charge in [-0.3, -0.25) is 14.3 Å². The number of allylic oxidation sites excluding steroid dienone is 2. The summed E-state index contributed by atoms with van der Waals surface area (Å²) in [6, 6.07) is 11.1. The maximum atomic E-state index is 13.1. The van der Waals surface area contributed by atoms with E-state index < -0.39 is 24.0 Å². The molecule has 3 N–H and O–H groups in total. The zero-order valence-electron chi connectivity index (χ0n) is 19.3. The first-order chi connectivity index (χ1) is 16.5. The molecule has 2 aliphatic rings. The van der Waals surface area contributed by atoms with E-state index in [-0.39, 0.29) is 18.1 Å². The molecule has 180 valence electrons. The van der Waals surface area contributed by atoms with Crippen molar-refractivity contribution in [1.29, 1.82) is 0 Å². The molecule has 2 unspecified atom stereocenters. The van der Waals surface area contributed by atoms with Gasteiger partial charge in [0, 0.05) is 18.9 Å². The predicted octanol–water partition coefficient (Wildman–Crippen LogP) is 2.29. The average Bonchev–Trinajstić information content (AvgIpc) is 3.43. The van der Waals surface area contributed by atoms with Gasteiger partial charge in [0.15, 0.2) is 12.2 Å². The van der Waals surface area contributed by atoms with Gasteiger partial charge in [-0.2, -0.15) is 5.10 Å². The molecule has 8 heteroatoms. The number of amides is 2. The number of carbonyl (C=O) groups is 2. The Morgan fingerprint density at radius 1 is 1.12 bits per heavy atom. The molecule has 1 aromatic carbocycles. The molecule has 5 atom stereocenters. The molecule has 1 fully saturated rings. The maximum Gasteiger partial charge on any atom is 0.255 e. The third kappa shape index (κ3) is 5.29. The quantitative estimate of drug-likeness (QED) is 0.583. The van der Waals surface area contributed by atoms with E-state index in [4.69, 9.17) is 0 Å². The van der Waals surface area contributed by atoms with Crippen LogP contribution in [0.25, 0.3) is 0 Å². The largest absolute Gasteiger partial charge is 0.380 e. The third-order valence-electron chi connectivity index (χ3n) is 6.62. The number of carbonyl (C=O) groups excluding carboxylic acids is 2. The Hall–Kier alpha value is -3.23. The summed E-state index contributed by atoms with van der Waals surface area (Å²) >= 11 is 0. The van der Waals surface area contributed by atoms with Crippen molar-refractivity contribution in [2.45, 2.75) is 62.9 Å². The molecule has 34 heavy (non-hydrogen) atoms. The highest BCUT2D eigenvalue weighted by Gasteiger charge is 2.37. The summed E-state index contributed by atoms with van der Waals surface area (Å²) < 4.78 is 1.86. The molecular weight excluding hydrogens is 432 g/mol. The molecule has 2 aromatic rings. The van der Waals surface area contributed by atoms with Gasteiger partial charge in [0.25, 0.3) is 11.8 Å². The number of aliphatic hydroxyl groups is 2. The Morgan fingerprint density at radius 3 is 2.59 bits per heavy atom. The van der Waals surface area contributed by atoms with Crippen LogP contribution < -0.4 is 5.32 Å². The SMILES string of the molecule is C[C@@H](NC(=O)[C@H](O)[C@@H](O)C(=O)N1CCCCC1c1ccccc1)C1=CCC(n2cccn2)C=C1. The van der Waals surface area contributed by atoms with Crippen LogP contribution in [0.2, 0.25) is 0 Å². The van der Waals surface area contributed by atoms with Gasteiger partial charge in [-0.25, -0.2) is 0 Å². The van der Waals surface area contributed by atoms with Crippen LogP contribution in [0.15, 0.2) is 72.6 Å². The van der Waals surface area contributed by atoms with E-state index in [1.54, 1.807) is 18.0 Å². The fraction of sp³-hybridized carbons (Fsp3) is 0.423. The number of benzene rings is 1. The molecule has 1 saturated heterocycles. The molecule has 8 nitrogen and oxygen atoms in total. The van der Waals surface area contributed by atoms with Gasteiger partial charge in [-0.15, -0.1) is 0 Å². The fourth-order valence-electron chi connectivity index (χ4n) is 4.67. The van der Waals surface area contributed by atoms with Crippen molar-refractivity contribution < 1.29 is 19.8 Å². The normalized spacial score (nSPS) is 23.0. The molecular formula is C26H32N4O4. The van der Waals surface area contributed by atoms with E-state index in [1.165, 1.54) is 0 Å². The van der Waals surface area contributed by atoms with Crippen molar-refractivity contribution in [2.24, 2.45) is 0 Å². The van der Waals surface area contributed by atoms with Gasteiger partial charge in [0.05, 0.1) is 18.1 Å². The van der Waals surface area contributed by atoms with Gasteiger partial charge in [-0.1, -0.05) is 48.6 Å². The first-order valence-corrected chi connectivity index (χ1v) is 11.8. The lowest BCUT2D eigenvalue weighted by atomic mass is 9.94. The van der Waals surface area contributed by atoms with E-state index in [1.807, 2.05) is 65.5 Å². The van der Waals surface area contributed by atoms with Crippen molar-refractivity contribution in [3.8, 4) is 0 Å². The van der Waals surface area contributed by atoms with Crippen LogP contribution in [0.5, 0.6) is 0 Å². The van der Waals surface area contributed by atoms with Crippen molar-refractivity contribution in [2.75, 3.05) is 6.54 Å². The lowest BCUT2D eigenvalue weighted by molar-refractivity contribution is -0.156. The van der Waals surface area contributed by atoms with Crippen molar-refractivity contribution in [1.82, 2.24) is 20.0 Å². The molecule has 1 aromatic heterocycles. The number of piperidine rings is 1. The van der Waals surface area contributed by atoms with Gasteiger partial charge in [0.2, 0.25) is 0 Å². The van der Waals surface area contributed by atoms with Crippen LogP contribution in [0, 0.1) is 0 Å². The lowest BCUT2D eigenvalue weighted by Gasteiger charge is -2.37. The van der Waals surface area contributed by atoms with Crippen LogP contribution in [0.1, 0.15) is 50.3 Å². The van der Waals surface area contributed by atoms with Crippen molar-refractivity contribution in [3.05, 3.63) is 78.2 Å². The summed E-state index contributed by atoms with van der Waals surface area (Å²) in [7, 11) is 0. The third-order valence-corrected chi connectivity index (χ3v) is 6.62. The summed E-state index contributed by atoms with van der Waals surface area (Å²) in [5.41, 5.74) is 1.88. The summed E-state index contributed by atoms with van der Waals surface area (Å²) in [6.45, 7) is 2.29. The second-order valence-corrected chi connectivity index (χ2v) is 8.93. The highest BCUT2D eigenvalue weighted by Crippen LogP contribution is 2.31. The van der Waals surface area contributed by atoms with Crippen LogP contribution in [-0.2, 0) is 9.59 Å². The van der Waals surface area contributed by atoms with Crippen LogP contribution in [0.4, 0.5) is 0 Å². The second-order valence-electron chi connectivity index (χ2n) is 8.93. The van der Waals surface area contributed by atoms with E-state index in [0.29, 0.717) is 6.54 Å².